The van der Waals surface area contributed by atoms with Gasteiger partial charge in [-0.05, 0) is 19.2 Å². The van der Waals surface area contributed by atoms with Gasteiger partial charge in [-0.3, -0.25) is 4.79 Å². The van der Waals surface area contributed by atoms with Crippen LogP contribution in [0.2, 0.25) is 0 Å². The van der Waals surface area contributed by atoms with Crippen LogP contribution in [0.15, 0.2) is 18.3 Å². The molecule has 4 heteroatoms. The molecule has 0 bridgehead atoms. The van der Waals surface area contributed by atoms with Crippen molar-refractivity contribution in [3.8, 4) is 0 Å². The van der Waals surface area contributed by atoms with E-state index >= 15 is 0 Å². The lowest BCUT2D eigenvalue weighted by Crippen LogP contribution is -2.44. The number of piperazine rings is 1. The third-order valence-electron chi connectivity index (χ3n) is 2.73. The number of carbonyl (C=O) groups is 1. The van der Waals surface area contributed by atoms with Gasteiger partial charge in [0.05, 0.1) is 0 Å². The molecule has 1 fully saturated rings. The first kappa shape index (κ1) is 10.1. The molecular formula is C11H15N3O. The van der Waals surface area contributed by atoms with E-state index in [1.807, 2.05) is 6.07 Å². The summed E-state index contributed by atoms with van der Waals surface area (Å²) in [4.78, 5) is 19.4. The van der Waals surface area contributed by atoms with E-state index < -0.39 is 0 Å². The van der Waals surface area contributed by atoms with Crippen molar-refractivity contribution in [2.45, 2.75) is 0 Å². The van der Waals surface area contributed by atoms with Gasteiger partial charge >= 0.3 is 0 Å². The molecule has 15 heavy (non-hydrogen) atoms. The number of rotatable bonds is 2. The summed E-state index contributed by atoms with van der Waals surface area (Å²) in [6, 6.07) is 3.57. The lowest BCUT2D eigenvalue weighted by Gasteiger charge is -2.33. The minimum absolute atomic E-state index is 0.693. The van der Waals surface area contributed by atoms with Crippen molar-refractivity contribution in [3.63, 3.8) is 0 Å². The maximum Gasteiger partial charge on any atom is 0.150 e. The quantitative estimate of drug-likeness (QED) is 0.664. The Labute approximate surface area is 89.5 Å². The summed E-state index contributed by atoms with van der Waals surface area (Å²) in [6.07, 6.45) is 2.55. The topological polar surface area (TPSA) is 36.4 Å². The first-order chi connectivity index (χ1) is 7.29. The minimum Gasteiger partial charge on any atom is -0.354 e. The van der Waals surface area contributed by atoms with Crippen LogP contribution in [0.4, 0.5) is 5.82 Å². The molecule has 0 unspecified atom stereocenters. The van der Waals surface area contributed by atoms with Gasteiger partial charge < -0.3 is 9.80 Å². The molecule has 4 nitrogen and oxygen atoms in total. The number of aldehydes is 1. The summed E-state index contributed by atoms with van der Waals surface area (Å²) in [5, 5.41) is 0. The Hall–Kier alpha value is -1.42. The monoisotopic (exact) mass is 205 g/mol. The molecule has 0 amide bonds. The molecular weight excluding hydrogens is 190 g/mol. The largest absolute Gasteiger partial charge is 0.354 e. The summed E-state index contributed by atoms with van der Waals surface area (Å²) in [6.45, 7) is 4.05. The van der Waals surface area contributed by atoms with Crippen LogP contribution in [0.3, 0.4) is 0 Å². The number of hydrogen-bond donors (Lipinski definition) is 0. The highest BCUT2D eigenvalue weighted by atomic mass is 16.1. The van der Waals surface area contributed by atoms with Gasteiger partial charge in [-0.2, -0.15) is 0 Å². The zero-order valence-electron chi connectivity index (χ0n) is 8.89. The molecule has 0 aromatic carbocycles. The van der Waals surface area contributed by atoms with Crippen LogP contribution in [0.5, 0.6) is 0 Å². The summed E-state index contributed by atoms with van der Waals surface area (Å²) in [5.41, 5.74) is 0.693. The van der Waals surface area contributed by atoms with E-state index in [4.69, 9.17) is 0 Å². The summed E-state index contributed by atoms with van der Waals surface area (Å²) >= 11 is 0. The summed E-state index contributed by atoms with van der Waals surface area (Å²) in [5.74, 6) is 0.910. The van der Waals surface area contributed by atoms with E-state index in [1.165, 1.54) is 0 Å². The molecule has 0 aliphatic carbocycles. The molecule has 2 rings (SSSR count). The Kier molecular flexibility index (Phi) is 2.97. The molecule has 1 aromatic heterocycles. The normalized spacial score (nSPS) is 17.8. The van der Waals surface area contributed by atoms with Gasteiger partial charge in [-0.15, -0.1) is 0 Å². The lowest BCUT2D eigenvalue weighted by molar-refractivity contribution is 0.112. The standard InChI is InChI=1S/C11H15N3O/c1-13-4-6-14(7-5-13)11-8-10(9-15)2-3-12-11/h2-3,8-9H,4-7H2,1H3. The molecule has 0 atom stereocenters. The molecule has 2 heterocycles. The van der Waals surface area contributed by atoms with Crippen molar-refractivity contribution in [2.24, 2.45) is 0 Å². The number of aromatic nitrogens is 1. The van der Waals surface area contributed by atoms with Crippen molar-refractivity contribution < 1.29 is 4.79 Å². The fourth-order valence-corrected chi connectivity index (χ4v) is 1.72. The van der Waals surface area contributed by atoms with Gasteiger partial charge in [0.1, 0.15) is 12.1 Å². The Bertz CT molecular complexity index is 345. The summed E-state index contributed by atoms with van der Waals surface area (Å²) in [7, 11) is 2.12. The summed E-state index contributed by atoms with van der Waals surface area (Å²) < 4.78 is 0. The predicted octanol–water partition coefficient (Wildman–Crippen LogP) is 0.646. The first-order valence-corrected chi connectivity index (χ1v) is 5.14. The second-order valence-electron chi connectivity index (χ2n) is 3.86. The van der Waals surface area contributed by atoms with Crippen LogP contribution < -0.4 is 4.90 Å². The zero-order chi connectivity index (χ0) is 10.7. The Morgan fingerprint density at radius 1 is 1.33 bits per heavy atom. The maximum absolute atomic E-state index is 10.6. The van der Waals surface area contributed by atoms with E-state index in [0.717, 1.165) is 38.3 Å². The molecule has 0 radical (unpaired) electrons. The van der Waals surface area contributed by atoms with E-state index in [9.17, 15) is 4.79 Å². The molecule has 80 valence electrons. The second kappa shape index (κ2) is 4.40. The van der Waals surface area contributed by atoms with Crippen LogP contribution >= 0.6 is 0 Å². The zero-order valence-corrected chi connectivity index (χ0v) is 8.89. The fourth-order valence-electron chi connectivity index (χ4n) is 1.72. The van der Waals surface area contributed by atoms with Gasteiger partial charge in [0.15, 0.2) is 0 Å². The number of nitrogens with zero attached hydrogens (tertiary/aromatic N) is 3. The van der Waals surface area contributed by atoms with Gasteiger partial charge in [0.2, 0.25) is 0 Å². The van der Waals surface area contributed by atoms with Crippen LogP contribution in [0, 0.1) is 0 Å². The lowest BCUT2D eigenvalue weighted by atomic mass is 10.2. The van der Waals surface area contributed by atoms with Gasteiger partial charge in [-0.1, -0.05) is 0 Å². The number of carbonyl (C=O) groups excluding carboxylic acids is 1. The fraction of sp³-hybridized carbons (Fsp3) is 0.455. The molecule has 1 aromatic rings. The Morgan fingerprint density at radius 3 is 2.73 bits per heavy atom. The van der Waals surface area contributed by atoms with Crippen LogP contribution in [-0.4, -0.2) is 49.4 Å². The Morgan fingerprint density at radius 2 is 2.07 bits per heavy atom. The van der Waals surface area contributed by atoms with Crippen molar-refractivity contribution in [2.75, 3.05) is 38.1 Å². The SMILES string of the molecule is CN1CCN(c2cc(C=O)ccn2)CC1. The van der Waals surface area contributed by atoms with Crippen molar-refractivity contribution in [3.05, 3.63) is 23.9 Å². The third-order valence-corrected chi connectivity index (χ3v) is 2.73. The first-order valence-electron chi connectivity index (χ1n) is 5.14. The number of pyridine rings is 1. The third kappa shape index (κ3) is 2.33. The molecule has 1 aliphatic heterocycles. The number of hydrogen-bond acceptors (Lipinski definition) is 4. The maximum atomic E-state index is 10.6. The second-order valence-corrected chi connectivity index (χ2v) is 3.86. The van der Waals surface area contributed by atoms with Crippen molar-refractivity contribution >= 4 is 12.1 Å². The average molecular weight is 205 g/mol. The van der Waals surface area contributed by atoms with Crippen molar-refractivity contribution in [1.29, 1.82) is 0 Å². The van der Waals surface area contributed by atoms with E-state index in [-0.39, 0.29) is 0 Å². The van der Waals surface area contributed by atoms with Crippen LogP contribution in [0.1, 0.15) is 10.4 Å². The predicted molar refractivity (Wildman–Crippen MR) is 59.3 cm³/mol. The van der Waals surface area contributed by atoms with E-state index in [2.05, 4.69) is 21.8 Å². The van der Waals surface area contributed by atoms with Gasteiger partial charge in [0.25, 0.3) is 0 Å². The molecule has 0 spiro atoms. The number of anilines is 1. The average Bonchev–Trinajstić information content (AvgIpc) is 2.30. The smallest absolute Gasteiger partial charge is 0.150 e. The van der Waals surface area contributed by atoms with Crippen LogP contribution in [-0.2, 0) is 0 Å². The van der Waals surface area contributed by atoms with Gasteiger partial charge in [0, 0.05) is 37.9 Å². The Balaban J connectivity index is 2.11. The number of likely N-dealkylation sites (N-methyl/N-ethyl adjacent to an activating group) is 1. The van der Waals surface area contributed by atoms with E-state index in [1.54, 1.807) is 12.3 Å². The van der Waals surface area contributed by atoms with Crippen LogP contribution in [0.25, 0.3) is 0 Å². The molecule has 1 saturated heterocycles. The van der Waals surface area contributed by atoms with Crippen molar-refractivity contribution in [1.82, 2.24) is 9.88 Å². The van der Waals surface area contributed by atoms with E-state index in [0.29, 0.717) is 5.56 Å². The molecule has 0 saturated carbocycles. The molecule has 0 N–H and O–H groups in total. The molecule has 1 aliphatic rings. The highest BCUT2D eigenvalue weighted by molar-refractivity contribution is 5.76. The van der Waals surface area contributed by atoms with Gasteiger partial charge in [-0.25, -0.2) is 4.98 Å². The highest BCUT2D eigenvalue weighted by Crippen LogP contribution is 2.13. The minimum atomic E-state index is 0.693. The highest BCUT2D eigenvalue weighted by Gasteiger charge is 2.14.